The van der Waals surface area contributed by atoms with Gasteiger partial charge >= 0.3 is 5.69 Å². The molecule has 0 amide bonds. The van der Waals surface area contributed by atoms with E-state index in [9.17, 15) is 20.3 Å². The van der Waals surface area contributed by atoms with Gasteiger partial charge in [0.05, 0.1) is 17.1 Å². The first kappa shape index (κ1) is 14.7. The van der Waals surface area contributed by atoms with Gasteiger partial charge in [0, 0.05) is 12.3 Å². The SMILES string of the molecule is C[C@H](Nc1ncccc1[N+](=O)[O-])[C@H](O)c1ccc(O)cc1. The predicted octanol–water partition coefficient (Wildman–Crippen LogP) is 2.23. The predicted molar refractivity (Wildman–Crippen MR) is 77.0 cm³/mol. The highest BCUT2D eigenvalue weighted by Crippen LogP contribution is 2.25. The maximum atomic E-state index is 10.9. The minimum atomic E-state index is -0.896. The van der Waals surface area contributed by atoms with Crippen LogP contribution < -0.4 is 5.32 Å². The Hall–Kier alpha value is -2.67. The molecule has 1 aromatic heterocycles. The number of aromatic nitrogens is 1. The summed E-state index contributed by atoms with van der Waals surface area (Å²) in [5.74, 6) is 0.208. The molecule has 0 saturated carbocycles. The van der Waals surface area contributed by atoms with E-state index >= 15 is 0 Å². The van der Waals surface area contributed by atoms with E-state index in [0.29, 0.717) is 5.56 Å². The highest BCUT2D eigenvalue weighted by Gasteiger charge is 2.21. The minimum Gasteiger partial charge on any atom is -0.508 e. The number of aromatic hydroxyl groups is 1. The Morgan fingerprint density at radius 1 is 1.29 bits per heavy atom. The summed E-state index contributed by atoms with van der Waals surface area (Å²) in [6, 6.07) is 8.43. The summed E-state index contributed by atoms with van der Waals surface area (Å²) >= 11 is 0. The van der Waals surface area contributed by atoms with Crippen LogP contribution in [0.5, 0.6) is 5.75 Å². The molecule has 0 unspecified atom stereocenters. The van der Waals surface area contributed by atoms with E-state index in [0.717, 1.165) is 0 Å². The molecule has 2 aromatic rings. The van der Waals surface area contributed by atoms with Crippen LogP contribution in [0.3, 0.4) is 0 Å². The van der Waals surface area contributed by atoms with Gasteiger partial charge in [-0.15, -0.1) is 0 Å². The van der Waals surface area contributed by atoms with Crippen LogP contribution in [0.1, 0.15) is 18.6 Å². The number of anilines is 1. The first-order chi connectivity index (χ1) is 9.99. The van der Waals surface area contributed by atoms with Crippen molar-refractivity contribution in [1.82, 2.24) is 4.98 Å². The maximum absolute atomic E-state index is 10.9. The Morgan fingerprint density at radius 3 is 2.57 bits per heavy atom. The molecule has 0 bridgehead atoms. The molecular weight excluding hydrogens is 274 g/mol. The first-order valence-corrected chi connectivity index (χ1v) is 6.32. The highest BCUT2D eigenvalue weighted by molar-refractivity contribution is 5.55. The van der Waals surface area contributed by atoms with Crippen molar-refractivity contribution in [2.24, 2.45) is 0 Å². The van der Waals surface area contributed by atoms with Gasteiger partial charge in [-0.1, -0.05) is 12.1 Å². The van der Waals surface area contributed by atoms with Crippen LogP contribution in [0.2, 0.25) is 0 Å². The average Bonchev–Trinajstić information content (AvgIpc) is 2.47. The Kier molecular flexibility index (Phi) is 4.34. The van der Waals surface area contributed by atoms with Gasteiger partial charge in [0.25, 0.3) is 0 Å². The number of hydrogen-bond acceptors (Lipinski definition) is 6. The zero-order valence-electron chi connectivity index (χ0n) is 11.3. The van der Waals surface area contributed by atoms with Crippen molar-refractivity contribution in [1.29, 1.82) is 0 Å². The molecule has 0 aliphatic heterocycles. The van der Waals surface area contributed by atoms with Gasteiger partial charge in [-0.2, -0.15) is 0 Å². The van der Waals surface area contributed by atoms with Crippen LogP contribution in [0.15, 0.2) is 42.6 Å². The van der Waals surface area contributed by atoms with Gasteiger partial charge in [0.2, 0.25) is 5.82 Å². The van der Waals surface area contributed by atoms with E-state index < -0.39 is 17.1 Å². The van der Waals surface area contributed by atoms with Crippen molar-refractivity contribution in [3.05, 3.63) is 58.3 Å². The highest BCUT2D eigenvalue weighted by atomic mass is 16.6. The molecule has 2 rings (SSSR count). The van der Waals surface area contributed by atoms with Crippen LogP contribution in [-0.4, -0.2) is 26.2 Å². The van der Waals surface area contributed by atoms with Crippen molar-refractivity contribution >= 4 is 11.5 Å². The van der Waals surface area contributed by atoms with Gasteiger partial charge in [-0.3, -0.25) is 10.1 Å². The molecule has 3 N–H and O–H groups in total. The largest absolute Gasteiger partial charge is 0.508 e. The van der Waals surface area contributed by atoms with Crippen molar-refractivity contribution in [2.45, 2.75) is 19.1 Å². The minimum absolute atomic E-state index is 0.104. The van der Waals surface area contributed by atoms with Gasteiger partial charge in [0.1, 0.15) is 5.75 Å². The molecule has 2 atom stereocenters. The normalized spacial score (nSPS) is 13.4. The lowest BCUT2D eigenvalue weighted by Crippen LogP contribution is -2.25. The molecule has 1 heterocycles. The van der Waals surface area contributed by atoms with E-state index in [1.807, 2.05) is 0 Å². The quantitative estimate of drug-likeness (QED) is 0.575. The summed E-state index contributed by atoms with van der Waals surface area (Å²) in [7, 11) is 0. The zero-order chi connectivity index (χ0) is 15.4. The topological polar surface area (TPSA) is 109 Å². The third kappa shape index (κ3) is 3.46. The molecule has 110 valence electrons. The lowest BCUT2D eigenvalue weighted by molar-refractivity contribution is -0.384. The molecule has 7 nitrogen and oxygen atoms in total. The fourth-order valence-electron chi connectivity index (χ4n) is 1.91. The number of phenols is 1. The van der Waals surface area contributed by atoms with Crippen LogP contribution >= 0.6 is 0 Å². The number of aliphatic hydroxyl groups is 1. The van der Waals surface area contributed by atoms with E-state index in [-0.39, 0.29) is 17.3 Å². The summed E-state index contributed by atoms with van der Waals surface area (Å²) in [5.41, 5.74) is 0.439. The lowest BCUT2D eigenvalue weighted by Gasteiger charge is -2.21. The molecule has 1 aromatic carbocycles. The fourth-order valence-corrected chi connectivity index (χ4v) is 1.91. The number of rotatable bonds is 5. The van der Waals surface area contributed by atoms with Gasteiger partial charge < -0.3 is 15.5 Å². The standard InChI is InChI=1S/C14H15N3O4/c1-9(13(19)10-4-6-11(18)7-5-10)16-14-12(17(20)21)3-2-8-15-14/h2-9,13,18-19H,1H3,(H,15,16)/t9-,13-/m0/s1. The number of nitrogens with one attached hydrogen (secondary N) is 1. The molecule has 0 aliphatic carbocycles. The molecular formula is C14H15N3O4. The van der Waals surface area contributed by atoms with Gasteiger partial charge in [-0.05, 0) is 30.7 Å². The van der Waals surface area contributed by atoms with Crippen molar-refractivity contribution in [2.75, 3.05) is 5.32 Å². The third-order valence-corrected chi connectivity index (χ3v) is 3.06. The van der Waals surface area contributed by atoms with Crippen LogP contribution in [0, 0.1) is 10.1 Å². The average molecular weight is 289 g/mol. The number of benzene rings is 1. The lowest BCUT2D eigenvalue weighted by atomic mass is 10.0. The zero-order valence-corrected chi connectivity index (χ0v) is 11.3. The second-order valence-corrected chi connectivity index (χ2v) is 4.60. The molecule has 21 heavy (non-hydrogen) atoms. The number of nitro groups is 1. The number of nitrogens with zero attached hydrogens (tertiary/aromatic N) is 2. The monoisotopic (exact) mass is 289 g/mol. The van der Waals surface area contributed by atoms with Crippen LogP contribution in [-0.2, 0) is 0 Å². The fraction of sp³-hybridized carbons (Fsp3) is 0.214. The summed E-state index contributed by atoms with van der Waals surface area (Å²) in [6.45, 7) is 1.69. The van der Waals surface area contributed by atoms with Crippen LogP contribution in [0.25, 0.3) is 0 Å². The number of hydrogen-bond donors (Lipinski definition) is 3. The second-order valence-electron chi connectivity index (χ2n) is 4.60. The third-order valence-electron chi connectivity index (χ3n) is 3.06. The van der Waals surface area contributed by atoms with Crippen molar-refractivity contribution < 1.29 is 15.1 Å². The summed E-state index contributed by atoms with van der Waals surface area (Å²) < 4.78 is 0. The Balaban J connectivity index is 2.16. The van der Waals surface area contributed by atoms with Crippen molar-refractivity contribution in [3.8, 4) is 5.75 Å². The number of phenolic OH excluding ortho intramolecular Hbond substituents is 1. The van der Waals surface area contributed by atoms with Crippen molar-refractivity contribution in [3.63, 3.8) is 0 Å². The smallest absolute Gasteiger partial charge is 0.311 e. The second kappa shape index (κ2) is 6.19. The summed E-state index contributed by atoms with van der Waals surface area (Å²) in [5, 5.41) is 33.2. The first-order valence-electron chi connectivity index (χ1n) is 6.32. The number of pyridine rings is 1. The summed E-state index contributed by atoms with van der Waals surface area (Å²) in [6.07, 6.45) is 0.543. The maximum Gasteiger partial charge on any atom is 0.311 e. The van der Waals surface area contributed by atoms with E-state index in [2.05, 4.69) is 10.3 Å². The molecule has 0 aliphatic rings. The Labute approximate surface area is 121 Å². The molecule has 0 radical (unpaired) electrons. The Morgan fingerprint density at radius 2 is 1.95 bits per heavy atom. The molecule has 0 saturated heterocycles. The van der Waals surface area contributed by atoms with E-state index in [1.54, 1.807) is 19.1 Å². The Bertz CT molecular complexity index is 630. The molecule has 0 fully saturated rings. The van der Waals surface area contributed by atoms with E-state index in [1.165, 1.54) is 30.5 Å². The van der Waals surface area contributed by atoms with Gasteiger partial charge in [-0.25, -0.2) is 4.98 Å². The summed E-state index contributed by atoms with van der Waals surface area (Å²) in [4.78, 5) is 14.3. The van der Waals surface area contributed by atoms with Gasteiger partial charge in [0.15, 0.2) is 0 Å². The number of aliphatic hydroxyl groups excluding tert-OH is 1. The molecule has 0 spiro atoms. The van der Waals surface area contributed by atoms with Crippen LogP contribution in [0.4, 0.5) is 11.5 Å². The van der Waals surface area contributed by atoms with E-state index in [4.69, 9.17) is 0 Å². The molecule has 7 heteroatoms.